The molecule has 0 aliphatic carbocycles. The van der Waals surface area contributed by atoms with Gasteiger partial charge in [0.1, 0.15) is 12.2 Å². The van der Waals surface area contributed by atoms with Gasteiger partial charge in [-0.1, -0.05) is 11.6 Å². The lowest BCUT2D eigenvalue weighted by Crippen LogP contribution is -2.43. The van der Waals surface area contributed by atoms with Crippen molar-refractivity contribution in [3.8, 4) is 0 Å². The monoisotopic (exact) mass is 664 g/mol. The molecule has 5 aromatic rings. The van der Waals surface area contributed by atoms with E-state index in [1.165, 1.54) is 49.5 Å². The fourth-order valence-corrected chi connectivity index (χ4v) is 4.70. The number of alkyl halides is 2. The molecule has 0 saturated carbocycles. The highest BCUT2D eigenvalue weighted by Gasteiger charge is 2.20. The van der Waals surface area contributed by atoms with Crippen LogP contribution in [0.25, 0.3) is 10.9 Å². The van der Waals surface area contributed by atoms with Crippen molar-refractivity contribution in [2.75, 3.05) is 19.4 Å². The fourth-order valence-electron chi connectivity index (χ4n) is 4.50. The second-order valence-corrected chi connectivity index (χ2v) is 10.6. The third kappa shape index (κ3) is 6.53. The number of hydrogen-bond acceptors (Lipinski definition) is 7. The number of anilines is 2. The minimum atomic E-state index is -2.68. The van der Waals surface area contributed by atoms with Gasteiger partial charge in [-0.3, -0.25) is 18.8 Å². The molecule has 46 heavy (non-hydrogen) atoms. The second-order valence-electron chi connectivity index (χ2n) is 10.2. The predicted molar refractivity (Wildman–Crippen MR) is 156 cm³/mol. The van der Waals surface area contributed by atoms with Gasteiger partial charge in [0.2, 0.25) is 5.95 Å². The van der Waals surface area contributed by atoms with E-state index in [2.05, 4.69) is 20.4 Å². The highest BCUT2D eigenvalue weighted by Crippen LogP contribution is 2.29. The van der Waals surface area contributed by atoms with E-state index in [0.29, 0.717) is 22.1 Å². The Balaban J connectivity index is 1.60. The first-order chi connectivity index (χ1) is 21.7. The van der Waals surface area contributed by atoms with Gasteiger partial charge in [-0.15, -0.1) is 0 Å². The van der Waals surface area contributed by atoms with E-state index in [1.54, 1.807) is 0 Å². The number of amides is 1. The number of benzene rings is 2. The first kappa shape index (κ1) is 32.1. The zero-order valence-electron chi connectivity index (χ0n) is 23.8. The van der Waals surface area contributed by atoms with E-state index in [9.17, 15) is 41.1 Å². The summed E-state index contributed by atoms with van der Waals surface area (Å²) in [5.74, 6) is -5.77. The third-order valence-electron chi connectivity index (χ3n) is 6.70. The predicted octanol–water partition coefficient (Wildman–Crippen LogP) is 3.32. The highest BCUT2D eigenvalue weighted by atomic mass is 35.5. The Morgan fingerprint density at radius 3 is 2.35 bits per heavy atom. The fraction of sp³-hybridized carbons (Fsp3) is 0.214. The maximum atomic E-state index is 14.1. The maximum Gasteiger partial charge on any atom is 0.355 e. The average Bonchev–Trinajstić information content (AvgIpc) is 3.36. The van der Waals surface area contributed by atoms with Gasteiger partial charge in [-0.2, -0.15) is 10.1 Å². The molecule has 0 radical (unpaired) electrons. The third-order valence-corrected chi connectivity index (χ3v) is 7.02. The summed E-state index contributed by atoms with van der Waals surface area (Å²) in [6.45, 7) is -1.93. The number of aromatic amines is 1. The van der Waals surface area contributed by atoms with Crippen molar-refractivity contribution in [3.63, 3.8) is 0 Å². The Labute approximate surface area is 259 Å². The number of pyridine rings is 1. The van der Waals surface area contributed by atoms with Gasteiger partial charge in [0.15, 0.2) is 17.5 Å². The summed E-state index contributed by atoms with van der Waals surface area (Å²) in [4.78, 5) is 59.3. The first-order valence-corrected chi connectivity index (χ1v) is 13.6. The molecule has 2 N–H and O–H groups in total. The number of aromatic nitrogens is 6. The van der Waals surface area contributed by atoms with Crippen LogP contribution in [0.5, 0.6) is 0 Å². The average molecular weight is 665 g/mol. The van der Waals surface area contributed by atoms with Crippen LogP contribution in [0.1, 0.15) is 21.6 Å². The summed E-state index contributed by atoms with van der Waals surface area (Å²) in [5, 5.41) is 7.07. The molecule has 3 aromatic heterocycles. The number of carbonyl (C=O) groups is 1. The highest BCUT2D eigenvalue weighted by molar-refractivity contribution is 6.34. The SMILES string of the molecule is CN(C)C(=O)c1ccc(Cn2c(=O)nc(Nc3cc4cn(CC(F)F)nc4cc3Cl)n(Cc3cc(F)c(F)c(F)c3)c2=O)c(=O)[nH]1. The Morgan fingerprint density at radius 1 is 1.02 bits per heavy atom. The van der Waals surface area contributed by atoms with Gasteiger partial charge in [-0.25, -0.2) is 36.1 Å². The number of H-pyrrole nitrogens is 1. The Bertz CT molecular complexity index is 2150. The molecule has 5 rings (SSSR count). The van der Waals surface area contributed by atoms with Crippen LogP contribution < -0.4 is 22.3 Å². The number of rotatable bonds is 9. The lowest BCUT2D eigenvalue weighted by atomic mass is 10.2. The number of nitrogens with one attached hydrogen (secondary N) is 2. The first-order valence-electron chi connectivity index (χ1n) is 13.2. The molecule has 12 nitrogen and oxygen atoms in total. The van der Waals surface area contributed by atoms with Crippen molar-refractivity contribution in [1.29, 1.82) is 0 Å². The second kappa shape index (κ2) is 12.6. The van der Waals surface area contributed by atoms with Gasteiger partial charge in [-0.05, 0) is 42.0 Å². The molecular weight excluding hydrogens is 643 g/mol. The Morgan fingerprint density at radius 2 is 1.72 bits per heavy atom. The Kier molecular flexibility index (Phi) is 8.78. The van der Waals surface area contributed by atoms with Crippen LogP contribution in [0.15, 0.2) is 57.0 Å². The molecule has 0 saturated heterocycles. The van der Waals surface area contributed by atoms with Crippen molar-refractivity contribution in [2.45, 2.75) is 26.1 Å². The molecule has 0 bridgehead atoms. The van der Waals surface area contributed by atoms with E-state index in [0.717, 1.165) is 9.25 Å². The minimum absolute atomic E-state index is 0.0162. The van der Waals surface area contributed by atoms with E-state index >= 15 is 0 Å². The summed E-state index contributed by atoms with van der Waals surface area (Å²) in [5.41, 5.74) is -3.07. The van der Waals surface area contributed by atoms with E-state index < -0.39 is 72.3 Å². The number of hydrogen-bond donors (Lipinski definition) is 2. The smallest absolute Gasteiger partial charge is 0.344 e. The molecule has 240 valence electrons. The van der Waals surface area contributed by atoms with Crippen LogP contribution in [0.4, 0.5) is 33.6 Å². The quantitative estimate of drug-likeness (QED) is 0.182. The summed E-state index contributed by atoms with van der Waals surface area (Å²) >= 11 is 6.37. The number of nitrogens with zero attached hydrogens (tertiary/aromatic N) is 6. The number of fused-ring (bicyclic) bond motifs is 1. The molecule has 0 aliphatic heterocycles. The van der Waals surface area contributed by atoms with Crippen LogP contribution >= 0.6 is 11.6 Å². The standard InChI is InChI=1S/C28H22ClF5N8O4/c1-39(2)25(44)19-4-3-14(24(43)35-19)11-42-27(45)37-26(41(28(42)46)9-13-5-17(30)23(34)18(31)6-13)36-21-7-15-10-40(12-22(32)33)38-20(15)8-16(21)29/h3-8,10,22H,9,11-12H2,1-2H3,(H,35,43)(H,36,37,45). The number of carbonyl (C=O) groups excluding carboxylic acids is 1. The molecule has 0 atom stereocenters. The van der Waals surface area contributed by atoms with Crippen LogP contribution in [0, 0.1) is 17.5 Å². The van der Waals surface area contributed by atoms with Crippen LogP contribution in [-0.2, 0) is 19.6 Å². The van der Waals surface area contributed by atoms with Crippen LogP contribution in [0.3, 0.4) is 0 Å². The normalized spacial score (nSPS) is 11.4. The molecule has 1 amide bonds. The Hall–Kier alpha value is -5.32. The summed E-state index contributed by atoms with van der Waals surface area (Å²) in [6, 6.07) is 6.55. The van der Waals surface area contributed by atoms with Crippen molar-refractivity contribution >= 4 is 40.0 Å². The summed E-state index contributed by atoms with van der Waals surface area (Å²) < 4.78 is 69.9. The van der Waals surface area contributed by atoms with Gasteiger partial charge in [0, 0.05) is 31.2 Å². The molecular formula is C28H22ClF5N8O4. The van der Waals surface area contributed by atoms with Gasteiger partial charge in [0.05, 0.1) is 29.3 Å². The molecule has 0 spiro atoms. The minimum Gasteiger partial charge on any atom is -0.344 e. The molecule has 0 fully saturated rings. The zero-order chi connectivity index (χ0) is 33.4. The van der Waals surface area contributed by atoms with E-state index in [-0.39, 0.29) is 33.0 Å². The summed E-state index contributed by atoms with van der Waals surface area (Å²) in [7, 11) is 2.95. The molecule has 3 heterocycles. The van der Waals surface area contributed by atoms with Crippen LogP contribution in [-0.4, -0.2) is 60.2 Å². The lowest BCUT2D eigenvalue weighted by molar-refractivity contribution is 0.0821. The van der Waals surface area contributed by atoms with Crippen molar-refractivity contribution < 1.29 is 26.7 Å². The number of halogens is 6. The van der Waals surface area contributed by atoms with E-state index in [4.69, 9.17) is 11.6 Å². The maximum absolute atomic E-state index is 14.1. The van der Waals surface area contributed by atoms with Crippen molar-refractivity contribution in [1.82, 2.24) is 33.8 Å². The van der Waals surface area contributed by atoms with Gasteiger partial charge < -0.3 is 15.2 Å². The molecule has 0 unspecified atom stereocenters. The largest absolute Gasteiger partial charge is 0.355 e. The summed E-state index contributed by atoms with van der Waals surface area (Å²) in [6.07, 6.45) is -1.36. The van der Waals surface area contributed by atoms with Gasteiger partial charge >= 0.3 is 11.4 Å². The lowest BCUT2D eigenvalue weighted by Gasteiger charge is -2.16. The van der Waals surface area contributed by atoms with E-state index in [1.807, 2.05) is 0 Å². The van der Waals surface area contributed by atoms with Gasteiger partial charge in [0.25, 0.3) is 17.9 Å². The van der Waals surface area contributed by atoms with Crippen molar-refractivity contribution in [2.24, 2.45) is 0 Å². The topological polar surface area (TPSA) is 140 Å². The molecule has 2 aromatic carbocycles. The molecule has 18 heteroatoms. The zero-order valence-corrected chi connectivity index (χ0v) is 24.6. The van der Waals surface area contributed by atoms with Crippen molar-refractivity contribution in [3.05, 3.63) is 113 Å². The van der Waals surface area contributed by atoms with Crippen LogP contribution in [0.2, 0.25) is 5.02 Å². The molecule has 0 aliphatic rings.